The highest BCUT2D eigenvalue weighted by Crippen LogP contribution is 2.53. The van der Waals surface area contributed by atoms with Crippen LogP contribution in [0.5, 0.6) is 0 Å². The van der Waals surface area contributed by atoms with Crippen molar-refractivity contribution in [2.24, 2.45) is 0 Å². The molecule has 1 saturated heterocycles. The highest BCUT2D eigenvalue weighted by atomic mass is 79.9. The van der Waals surface area contributed by atoms with Gasteiger partial charge in [-0.05, 0) is 61.4 Å². The highest BCUT2D eigenvalue weighted by molar-refractivity contribution is 9.10. The van der Waals surface area contributed by atoms with E-state index >= 15 is 0 Å². The smallest absolute Gasteiger partial charge is 0.338 e. The first-order chi connectivity index (χ1) is 18.7. The van der Waals surface area contributed by atoms with Gasteiger partial charge in [0.15, 0.2) is 11.7 Å². The highest BCUT2D eigenvalue weighted by Gasteiger charge is 2.74. The predicted molar refractivity (Wildman–Crippen MR) is 153 cm³/mol. The first-order valence-electron chi connectivity index (χ1n) is 13.7. The molecule has 5 atom stereocenters. The van der Waals surface area contributed by atoms with E-state index < -0.39 is 41.6 Å². The lowest BCUT2D eigenvalue weighted by Gasteiger charge is -2.36. The fourth-order valence-corrected chi connectivity index (χ4v) is 6.06. The van der Waals surface area contributed by atoms with Crippen LogP contribution < -0.4 is 0 Å². The van der Waals surface area contributed by atoms with Crippen molar-refractivity contribution < 1.29 is 34.0 Å². The van der Waals surface area contributed by atoms with E-state index in [0.717, 1.165) is 34.6 Å². The zero-order valence-corrected chi connectivity index (χ0v) is 25.3. The average Bonchev–Trinajstić information content (AvgIpc) is 3.28. The monoisotopic (exact) mass is 666 g/mol. The molecular weight excluding hydrogens is 632 g/mol. The Morgan fingerprint density at radius 1 is 0.846 bits per heavy atom. The Morgan fingerprint density at radius 3 is 1.92 bits per heavy atom. The van der Waals surface area contributed by atoms with Gasteiger partial charge in [0.1, 0.15) is 12.2 Å². The summed E-state index contributed by atoms with van der Waals surface area (Å²) in [5.41, 5.74) is -1.51. The van der Waals surface area contributed by atoms with Crippen molar-refractivity contribution >= 4 is 43.8 Å². The van der Waals surface area contributed by atoms with E-state index in [1.165, 1.54) is 19.3 Å². The molecule has 0 radical (unpaired) electrons. The number of aliphatic hydroxyl groups is 2. The van der Waals surface area contributed by atoms with Gasteiger partial charge in [0.25, 0.3) is 0 Å². The van der Waals surface area contributed by atoms with Gasteiger partial charge in [-0.15, -0.1) is 0 Å². The fraction of sp³-hybridized carbons (Fsp3) is 0.533. The summed E-state index contributed by atoms with van der Waals surface area (Å²) in [4.78, 5) is 26.1. The maximum atomic E-state index is 13.2. The second kappa shape index (κ2) is 13.3. The molecule has 2 aromatic carbocycles. The number of hydrogen-bond donors (Lipinski definition) is 2. The summed E-state index contributed by atoms with van der Waals surface area (Å²) in [6, 6.07) is 13.3. The molecule has 2 N–H and O–H groups in total. The maximum absolute atomic E-state index is 13.2. The standard InChI is InChI=1S/C30H36Br2O7/c1-2-3-4-5-6-7-8-9-24-26(38-28(34)21-12-16-23(32)17-13-21)30(36)25(18-19-29(30,35)39-24)37-27(33)20-10-14-22(31)15-11-20/h10-17,24-26,35-36H,2-9,18-19H2,1H3/t24-,25+,26-,29-,30+/m1/s1. The SMILES string of the molecule is CCCCCCCCC[C@H]1O[C@]2(O)CC[C@H](OC(=O)c3ccc(Br)cc3)[C@]2(O)[C@@H]1OC(=O)c1ccc(Br)cc1. The van der Waals surface area contributed by atoms with Crippen LogP contribution in [0.3, 0.4) is 0 Å². The number of hydrogen-bond acceptors (Lipinski definition) is 7. The maximum Gasteiger partial charge on any atom is 0.338 e. The number of carbonyl (C=O) groups is 2. The summed E-state index contributed by atoms with van der Waals surface area (Å²) in [6.45, 7) is 2.18. The third-order valence-electron chi connectivity index (χ3n) is 7.72. The molecule has 7 nitrogen and oxygen atoms in total. The number of rotatable bonds is 12. The Balaban J connectivity index is 1.52. The summed E-state index contributed by atoms with van der Waals surface area (Å²) in [5, 5.41) is 23.5. The molecule has 1 aliphatic heterocycles. The van der Waals surface area contributed by atoms with Crippen molar-refractivity contribution in [3.8, 4) is 0 Å². The molecule has 0 amide bonds. The van der Waals surface area contributed by atoms with E-state index in [2.05, 4.69) is 38.8 Å². The molecule has 212 valence electrons. The molecule has 2 fully saturated rings. The Kier molecular flexibility index (Phi) is 10.3. The van der Waals surface area contributed by atoms with E-state index in [4.69, 9.17) is 14.2 Å². The summed E-state index contributed by atoms with van der Waals surface area (Å²) in [7, 11) is 0. The molecule has 39 heavy (non-hydrogen) atoms. The summed E-state index contributed by atoms with van der Waals surface area (Å²) < 4.78 is 19.3. The molecule has 4 rings (SSSR count). The van der Waals surface area contributed by atoms with E-state index in [0.29, 0.717) is 17.5 Å². The number of carbonyl (C=O) groups excluding carboxylic acids is 2. The molecule has 0 bridgehead atoms. The van der Waals surface area contributed by atoms with Crippen LogP contribution in [-0.2, 0) is 14.2 Å². The number of unbranched alkanes of at least 4 members (excludes halogenated alkanes) is 6. The minimum atomic E-state index is -2.12. The molecule has 0 spiro atoms. The molecule has 9 heteroatoms. The van der Waals surface area contributed by atoms with Gasteiger partial charge in [-0.1, -0.05) is 83.7 Å². The van der Waals surface area contributed by atoms with Crippen LogP contribution in [0.4, 0.5) is 0 Å². The van der Waals surface area contributed by atoms with Gasteiger partial charge in [-0.25, -0.2) is 9.59 Å². The zero-order chi connectivity index (χ0) is 28.0. The first kappa shape index (κ1) is 30.2. The van der Waals surface area contributed by atoms with Crippen molar-refractivity contribution in [1.82, 2.24) is 0 Å². The van der Waals surface area contributed by atoms with Crippen LogP contribution in [0.1, 0.15) is 91.8 Å². The first-order valence-corrected chi connectivity index (χ1v) is 15.3. The minimum Gasteiger partial charge on any atom is -0.455 e. The van der Waals surface area contributed by atoms with Crippen molar-refractivity contribution in [2.45, 2.75) is 101 Å². The van der Waals surface area contributed by atoms with E-state index in [1.807, 2.05) is 0 Å². The number of fused-ring (bicyclic) bond motifs is 1. The number of ether oxygens (including phenoxy) is 3. The molecule has 2 aliphatic rings. The van der Waals surface area contributed by atoms with Crippen LogP contribution in [0.2, 0.25) is 0 Å². The van der Waals surface area contributed by atoms with E-state index in [-0.39, 0.29) is 12.8 Å². The van der Waals surface area contributed by atoms with Crippen LogP contribution in [-0.4, -0.2) is 51.9 Å². The van der Waals surface area contributed by atoms with Crippen LogP contribution >= 0.6 is 31.9 Å². The number of benzene rings is 2. The van der Waals surface area contributed by atoms with Crippen molar-refractivity contribution in [1.29, 1.82) is 0 Å². The molecule has 1 saturated carbocycles. The molecule has 1 heterocycles. The van der Waals surface area contributed by atoms with Crippen LogP contribution in [0.25, 0.3) is 0 Å². The third kappa shape index (κ3) is 6.76. The largest absolute Gasteiger partial charge is 0.455 e. The zero-order valence-electron chi connectivity index (χ0n) is 22.1. The van der Waals surface area contributed by atoms with Gasteiger partial charge < -0.3 is 24.4 Å². The minimum absolute atomic E-state index is 0.0433. The number of halogens is 2. The topological polar surface area (TPSA) is 102 Å². The van der Waals surface area contributed by atoms with Crippen molar-refractivity contribution in [2.75, 3.05) is 0 Å². The molecule has 0 unspecified atom stereocenters. The van der Waals surface area contributed by atoms with Gasteiger partial charge in [0, 0.05) is 15.4 Å². The van der Waals surface area contributed by atoms with Gasteiger partial charge in [0.2, 0.25) is 5.79 Å². The van der Waals surface area contributed by atoms with Gasteiger partial charge in [-0.3, -0.25) is 0 Å². The predicted octanol–water partition coefficient (Wildman–Crippen LogP) is 6.72. The van der Waals surface area contributed by atoms with Crippen molar-refractivity contribution in [3.05, 3.63) is 68.6 Å². The Bertz CT molecular complexity index is 1120. The Labute approximate surface area is 246 Å². The lowest BCUT2D eigenvalue weighted by atomic mass is 9.86. The quantitative estimate of drug-likeness (QED) is 0.191. The van der Waals surface area contributed by atoms with Gasteiger partial charge in [-0.2, -0.15) is 0 Å². The van der Waals surface area contributed by atoms with Crippen LogP contribution in [0.15, 0.2) is 57.5 Å². The van der Waals surface area contributed by atoms with Crippen LogP contribution in [0, 0.1) is 0 Å². The lowest BCUT2D eigenvalue weighted by Crippen LogP contribution is -2.60. The summed E-state index contributed by atoms with van der Waals surface area (Å²) in [5.74, 6) is -3.30. The second-order valence-electron chi connectivity index (χ2n) is 10.4. The van der Waals surface area contributed by atoms with Crippen molar-refractivity contribution in [3.63, 3.8) is 0 Å². The third-order valence-corrected chi connectivity index (χ3v) is 8.77. The van der Waals surface area contributed by atoms with E-state index in [9.17, 15) is 19.8 Å². The summed E-state index contributed by atoms with van der Waals surface area (Å²) >= 11 is 6.70. The Hall–Kier alpha value is -1.78. The molecule has 2 aromatic rings. The second-order valence-corrected chi connectivity index (χ2v) is 12.3. The number of esters is 2. The lowest BCUT2D eigenvalue weighted by molar-refractivity contribution is -0.265. The average molecular weight is 668 g/mol. The van der Waals surface area contributed by atoms with Gasteiger partial charge in [0.05, 0.1) is 11.1 Å². The molecular formula is C30H36Br2O7. The molecule has 0 aromatic heterocycles. The fourth-order valence-electron chi connectivity index (χ4n) is 5.53. The Morgan fingerprint density at radius 2 is 1.36 bits per heavy atom. The van der Waals surface area contributed by atoms with E-state index in [1.54, 1.807) is 48.5 Å². The molecule has 1 aliphatic carbocycles. The summed E-state index contributed by atoms with van der Waals surface area (Å²) in [6.07, 6.45) is 5.21. The normalized spacial score (nSPS) is 27.8. The van der Waals surface area contributed by atoms with Gasteiger partial charge >= 0.3 is 11.9 Å².